The van der Waals surface area contributed by atoms with Crippen molar-refractivity contribution in [3.05, 3.63) is 27.5 Å². The summed E-state index contributed by atoms with van der Waals surface area (Å²) in [7, 11) is 0. The van der Waals surface area contributed by atoms with Gasteiger partial charge in [0.15, 0.2) is 5.78 Å². The average molecular weight is 276 g/mol. The Morgan fingerprint density at radius 3 is 3.11 bits per heavy atom. The maximum Gasteiger partial charge on any atom is 0.159 e. The molecule has 3 rings (SSSR count). The first-order chi connectivity index (χ1) is 9.22. The number of hydrogen-bond donors (Lipinski definition) is 1. The summed E-state index contributed by atoms with van der Waals surface area (Å²) in [5.41, 5.74) is 3.49. The van der Waals surface area contributed by atoms with Crippen LogP contribution in [0.25, 0.3) is 5.57 Å². The lowest BCUT2D eigenvalue weighted by molar-refractivity contribution is -0.116. The van der Waals surface area contributed by atoms with Crippen molar-refractivity contribution in [2.45, 2.75) is 51.6 Å². The van der Waals surface area contributed by atoms with Crippen LogP contribution in [0.1, 0.15) is 62.0 Å². The SMILES string of the molecule is CCCCC1=C2c3ccsc3[C@H](O)C[C@H]2CCC1=O. The van der Waals surface area contributed by atoms with Gasteiger partial charge in [-0.1, -0.05) is 13.3 Å². The van der Waals surface area contributed by atoms with Gasteiger partial charge in [-0.25, -0.2) is 0 Å². The minimum atomic E-state index is -0.329. The lowest BCUT2D eigenvalue weighted by Crippen LogP contribution is -2.24. The normalized spacial score (nSPS) is 26.3. The van der Waals surface area contributed by atoms with Crippen molar-refractivity contribution >= 4 is 22.7 Å². The number of carbonyl (C=O) groups excluding carboxylic acids is 1. The molecule has 2 aliphatic carbocycles. The zero-order valence-electron chi connectivity index (χ0n) is 11.3. The van der Waals surface area contributed by atoms with Crippen molar-refractivity contribution in [2.24, 2.45) is 5.92 Å². The van der Waals surface area contributed by atoms with Crippen molar-refractivity contribution in [1.29, 1.82) is 0 Å². The standard InChI is InChI=1S/C16H20O2S/c1-2-3-4-11-13(17)6-5-10-9-14(18)16-12(15(10)11)7-8-19-16/h7-8,10,14,18H,2-6,9H2,1H3/t10-,14-/m1/s1. The molecular formula is C16H20O2S. The van der Waals surface area contributed by atoms with Crippen molar-refractivity contribution in [3.63, 3.8) is 0 Å². The molecule has 2 atom stereocenters. The molecule has 0 unspecified atom stereocenters. The monoisotopic (exact) mass is 276 g/mol. The first-order valence-electron chi connectivity index (χ1n) is 7.24. The van der Waals surface area contributed by atoms with Gasteiger partial charge in [0, 0.05) is 11.3 Å². The zero-order chi connectivity index (χ0) is 13.4. The molecule has 0 aromatic carbocycles. The number of Topliss-reactive ketones (excluding diaryl/α,β-unsaturated/α-hetero) is 1. The fourth-order valence-electron chi connectivity index (χ4n) is 3.42. The third-order valence-corrected chi connectivity index (χ3v) is 5.38. The predicted octanol–water partition coefficient (Wildman–Crippen LogP) is 4.11. The highest BCUT2D eigenvalue weighted by molar-refractivity contribution is 7.10. The first kappa shape index (κ1) is 13.1. The number of aliphatic hydroxyl groups excluding tert-OH is 1. The molecule has 1 aromatic rings. The van der Waals surface area contributed by atoms with Crippen LogP contribution >= 0.6 is 11.3 Å². The Morgan fingerprint density at radius 2 is 2.32 bits per heavy atom. The Bertz CT molecular complexity index is 527. The Morgan fingerprint density at radius 1 is 1.47 bits per heavy atom. The van der Waals surface area contributed by atoms with Gasteiger partial charge in [-0.2, -0.15) is 0 Å². The summed E-state index contributed by atoms with van der Waals surface area (Å²) in [5.74, 6) is 0.731. The summed E-state index contributed by atoms with van der Waals surface area (Å²) in [6, 6.07) is 2.09. The number of fused-ring (bicyclic) bond motifs is 3. The van der Waals surface area contributed by atoms with Crippen LogP contribution in [0.4, 0.5) is 0 Å². The number of allylic oxidation sites excluding steroid dienone is 2. The number of hydrogen-bond acceptors (Lipinski definition) is 3. The molecule has 0 aliphatic heterocycles. The van der Waals surface area contributed by atoms with E-state index in [0.29, 0.717) is 18.1 Å². The second-order valence-corrected chi connectivity index (χ2v) is 6.55. The van der Waals surface area contributed by atoms with E-state index in [9.17, 15) is 9.90 Å². The van der Waals surface area contributed by atoms with Crippen LogP contribution in [0.2, 0.25) is 0 Å². The first-order valence-corrected chi connectivity index (χ1v) is 8.12. The summed E-state index contributed by atoms with van der Waals surface area (Å²) in [6.45, 7) is 2.16. The van der Waals surface area contributed by atoms with Gasteiger partial charge < -0.3 is 5.11 Å². The van der Waals surface area contributed by atoms with E-state index in [-0.39, 0.29) is 6.10 Å². The molecule has 0 fully saturated rings. The molecule has 102 valence electrons. The molecule has 0 spiro atoms. The summed E-state index contributed by atoms with van der Waals surface area (Å²) >= 11 is 1.62. The molecular weight excluding hydrogens is 256 g/mol. The van der Waals surface area contributed by atoms with Crippen LogP contribution in [0.15, 0.2) is 17.0 Å². The number of rotatable bonds is 3. The second-order valence-electron chi connectivity index (χ2n) is 5.60. The van der Waals surface area contributed by atoms with Gasteiger partial charge in [-0.15, -0.1) is 11.3 Å². The molecule has 0 saturated heterocycles. The molecule has 2 aliphatic rings. The Balaban J connectivity index is 2.09. The van der Waals surface area contributed by atoms with Crippen LogP contribution in [-0.4, -0.2) is 10.9 Å². The molecule has 2 nitrogen and oxygen atoms in total. The highest BCUT2D eigenvalue weighted by Gasteiger charge is 2.36. The van der Waals surface area contributed by atoms with Crippen LogP contribution in [0, 0.1) is 5.92 Å². The van der Waals surface area contributed by atoms with Gasteiger partial charge in [0.2, 0.25) is 0 Å². The van der Waals surface area contributed by atoms with E-state index in [2.05, 4.69) is 13.0 Å². The number of carbonyl (C=O) groups is 1. The molecule has 1 heterocycles. The highest BCUT2D eigenvalue weighted by Crippen LogP contribution is 2.49. The minimum Gasteiger partial charge on any atom is -0.388 e. The van der Waals surface area contributed by atoms with Gasteiger partial charge in [0.1, 0.15) is 0 Å². The molecule has 3 heteroatoms. The Labute approximate surface area is 118 Å². The largest absolute Gasteiger partial charge is 0.388 e. The molecule has 0 bridgehead atoms. The van der Waals surface area contributed by atoms with Gasteiger partial charge in [-0.05, 0) is 59.8 Å². The van der Waals surface area contributed by atoms with E-state index in [1.807, 2.05) is 5.38 Å². The van der Waals surface area contributed by atoms with E-state index in [0.717, 1.165) is 48.1 Å². The quantitative estimate of drug-likeness (QED) is 0.902. The third-order valence-electron chi connectivity index (χ3n) is 4.37. The van der Waals surface area contributed by atoms with Crippen molar-refractivity contribution in [2.75, 3.05) is 0 Å². The number of unbranched alkanes of at least 4 members (excludes halogenated alkanes) is 1. The fourth-order valence-corrected chi connectivity index (χ4v) is 4.33. The second kappa shape index (κ2) is 5.22. The number of aliphatic hydroxyl groups is 1. The third kappa shape index (κ3) is 2.19. The molecule has 1 N–H and O–H groups in total. The van der Waals surface area contributed by atoms with E-state index >= 15 is 0 Å². The van der Waals surface area contributed by atoms with E-state index in [1.165, 1.54) is 5.57 Å². The Hall–Kier alpha value is -0.930. The zero-order valence-corrected chi connectivity index (χ0v) is 12.1. The minimum absolute atomic E-state index is 0.329. The fraction of sp³-hybridized carbons (Fsp3) is 0.562. The van der Waals surface area contributed by atoms with Gasteiger partial charge >= 0.3 is 0 Å². The summed E-state index contributed by atoms with van der Waals surface area (Å²) < 4.78 is 0. The van der Waals surface area contributed by atoms with Crippen LogP contribution in [0.5, 0.6) is 0 Å². The summed E-state index contributed by atoms with van der Waals surface area (Å²) in [6.07, 6.45) is 5.16. The van der Waals surface area contributed by atoms with Crippen molar-refractivity contribution in [3.8, 4) is 0 Å². The van der Waals surface area contributed by atoms with Gasteiger partial charge in [-0.3, -0.25) is 4.79 Å². The lowest BCUT2D eigenvalue weighted by Gasteiger charge is -2.34. The highest BCUT2D eigenvalue weighted by atomic mass is 32.1. The molecule has 0 radical (unpaired) electrons. The number of ketones is 1. The van der Waals surface area contributed by atoms with Crippen LogP contribution < -0.4 is 0 Å². The molecule has 19 heavy (non-hydrogen) atoms. The summed E-state index contributed by atoms with van der Waals surface area (Å²) in [5, 5.41) is 12.3. The topological polar surface area (TPSA) is 37.3 Å². The van der Waals surface area contributed by atoms with E-state index in [1.54, 1.807) is 11.3 Å². The van der Waals surface area contributed by atoms with Crippen LogP contribution in [-0.2, 0) is 4.79 Å². The lowest BCUT2D eigenvalue weighted by atomic mass is 9.71. The van der Waals surface area contributed by atoms with Crippen molar-refractivity contribution in [1.82, 2.24) is 0 Å². The number of thiophene rings is 1. The van der Waals surface area contributed by atoms with Crippen LogP contribution in [0.3, 0.4) is 0 Å². The molecule has 0 amide bonds. The smallest absolute Gasteiger partial charge is 0.159 e. The van der Waals surface area contributed by atoms with Gasteiger partial charge in [0.25, 0.3) is 0 Å². The predicted molar refractivity (Wildman–Crippen MR) is 78.1 cm³/mol. The van der Waals surface area contributed by atoms with Crippen molar-refractivity contribution < 1.29 is 9.90 Å². The maximum absolute atomic E-state index is 12.3. The molecule has 1 aromatic heterocycles. The van der Waals surface area contributed by atoms with E-state index in [4.69, 9.17) is 0 Å². The average Bonchev–Trinajstić information content (AvgIpc) is 2.88. The molecule has 0 saturated carbocycles. The van der Waals surface area contributed by atoms with E-state index < -0.39 is 0 Å². The summed E-state index contributed by atoms with van der Waals surface area (Å²) in [4.78, 5) is 13.3. The van der Waals surface area contributed by atoms with Gasteiger partial charge in [0.05, 0.1) is 6.10 Å². The maximum atomic E-state index is 12.3. The Kier molecular flexibility index (Phi) is 3.59.